The van der Waals surface area contributed by atoms with Crippen LogP contribution in [0.2, 0.25) is 5.02 Å². The second kappa shape index (κ2) is 9.47. The van der Waals surface area contributed by atoms with Crippen molar-refractivity contribution in [1.82, 2.24) is 15.2 Å². The van der Waals surface area contributed by atoms with E-state index in [0.29, 0.717) is 34.8 Å². The minimum absolute atomic E-state index is 0.00563. The highest BCUT2D eigenvalue weighted by Gasteiger charge is 2.27. The van der Waals surface area contributed by atoms with Crippen LogP contribution in [0.25, 0.3) is 11.5 Å². The summed E-state index contributed by atoms with van der Waals surface area (Å²) in [6.07, 6.45) is 4.82. The number of piperidine rings is 1. The van der Waals surface area contributed by atoms with Crippen LogP contribution in [0.15, 0.2) is 42.7 Å². The zero-order valence-electron chi connectivity index (χ0n) is 18.2. The number of hydrogen-bond donors (Lipinski definition) is 3. The maximum absolute atomic E-state index is 12.4. The molecule has 0 aliphatic carbocycles. The Kier molecular flexibility index (Phi) is 6.95. The van der Waals surface area contributed by atoms with E-state index in [-0.39, 0.29) is 12.1 Å². The summed E-state index contributed by atoms with van der Waals surface area (Å²) in [6, 6.07) is 9.16. The summed E-state index contributed by atoms with van der Waals surface area (Å²) < 4.78 is 5.50. The molecule has 1 unspecified atom stereocenters. The first kappa shape index (κ1) is 22.7. The molecular weight excluding hydrogens is 414 g/mol. The van der Waals surface area contributed by atoms with Gasteiger partial charge in [0.1, 0.15) is 11.4 Å². The Balaban J connectivity index is 1.86. The lowest BCUT2D eigenvalue weighted by Crippen LogP contribution is -2.51. The molecule has 166 valence electrons. The van der Waals surface area contributed by atoms with Crippen molar-refractivity contribution in [3.8, 4) is 0 Å². The predicted octanol–water partition coefficient (Wildman–Crippen LogP) is 1.86. The molecule has 0 spiro atoms. The van der Waals surface area contributed by atoms with Crippen molar-refractivity contribution >= 4 is 29.2 Å². The first-order valence-electron chi connectivity index (χ1n) is 10.3. The molecule has 1 aliphatic heterocycles. The number of likely N-dealkylation sites (tertiary alicyclic amines) is 1. The molecule has 1 aliphatic rings. The van der Waals surface area contributed by atoms with E-state index in [0.717, 1.165) is 23.6 Å². The lowest BCUT2D eigenvalue weighted by Gasteiger charge is -2.34. The SMILES string of the molecule is CC(C)(C)OC(=O)N1CCCC(N/C(N)=c2\cncc\c2=C(\N)c2ccc(Cl)cc2)C1. The van der Waals surface area contributed by atoms with Gasteiger partial charge in [0.05, 0.1) is 0 Å². The summed E-state index contributed by atoms with van der Waals surface area (Å²) in [5.41, 5.74) is 13.8. The van der Waals surface area contributed by atoms with Crippen LogP contribution in [0.4, 0.5) is 4.79 Å². The molecule has 7 nitrogen and oxygen atoms in total. The molecule has 0 saturated carbocycles. The Morgan fingerprint density at radius 2 is 1.90 bits per heavy atom. The van der Waals surface area contributed by atoms with E-state index >= 15 is 0 Å². The Bertz CT molecular complexity index is 1050. The van der Waals surface area contributed by atoms with Gasteiger partial charge in [-0.05, 0) is 57.4 Å². The number of nitrogens with one attached hydrogen (secondary N) is 1. The van der Waals surface area contributed by atoms with Crippen molar-refractivity contribution in [2.45, 2.75) is 45.3 Å². The van der Waals surface area contributed by atoms with Gasteiger partial charge in [0.2, 0.25) is 0 Å². The van der Waals surface area contributed by atoms with Crippen molar-refractivity contribution < 1.29 is 9.53 Å². The van der Waals surface area contributed by atoms with Gasteiger partial charge < -0.3 is 26.4 Å². The molecule has 1 atom stereocenters. The highest BCUT2D eigenvalue weighted by Crippen LogP contribution is 2.16. The molecule has 1 saturated heterocycles. The number of ether oxygens (including phenoxy) is 1. The molecule has 0 radical (unpaired) electrons. The quantitative estimate of drug-likeness (QED) is 0.668. The van der Waals surface area contributed by atoms with Crippen LogP contribution in [0.1, 0.15) is 39.2 Å². The van der Waals surface area contributed by atoms with Crippen molar-refractivity contribution in [2.24, 2.45) is 11.5 Å². The number of nitrogens with zero attached hydrogens (tertiary/aromatic N) is 2. The van der Waals surface area contributed by atoms with Crippen LogP contribution >= 0.6 is 11.6 Å². The molecule has 1 aromatic carbocycles. The minimum atomic E-state index is -0.526. The molecule has 5 N–H and O–H groups in total. The number of aromatic nitrogens is 1. The molecule has 1 amide bonds. The van der Waals surface area contributed by atoms with E-state index in [1.54, 1.807) is 29.4 Å². The zero-order valence-corrected chi connectivity index (χ0v) is 18.9. The normalized spacial score (nSPS) is 18.8. The number of rotatable bonds is 3. The first-order chi connectivity index (χ1) is 14.6. The fourth-order valence-corrected chi connectivity index (χ4v) is 3.64. The highest BCUT2D eigenvalue weighted by atomic mass is 35.5. The van der Waals surface area contributed by atoms with Crippen molar-refractivity contribution in [3.05, 3.63) is 63.7 Å². The van der Waals surface area contributed by atoms with Crippen LogP contribution in [-0.4, -0.2) is 40.7 Å². The maximum Gasteiger partial charge on any atom is 0.410 e. The van der Waals surface area contributed by atoms with Gasteiger partial charge in [0, 0.05) is 52.7 Å². The molecule has 31 heavy (non-hydrogen) atoms. The average Bonchev–Trinajstić information content (AvgIpc) is 2.73. The van der Waals surface area contributed by atoms with Gasteiger partial charge in [-0.1, -0.05) is 23.7 Å². The highest BCUT2D eigenvalue weighted by molar-refractivity contribution is 6.30. The van der Waals surface area contributed by atoms with Crippen molar-refractivity contribution in [3.63, 3.8) is 0 Å². The fourth-order valence-electron chi connectivity index (χ4n) is 3.51. The van der Waals surface area contributed by atoms with Gasteiger partial charge in [-0.3, -0.25) is 4.98 Å². The molecule has 3 rings (SSSR count). The van der Waals surface area contributed by atoms with Crippen LogP contribution < -0.4 is 27.2 Å². The summed E-state index contributed by atoms with van der Waals surface area (Å²) in [4.78, 5) is 18.4. The van der Waals surface area contributed by atoms with Crippen molar-refractivity contribution in [2.75, 3.05) is 13.1 Å². The molecule has 8 heteroatoms. The Hall–Kier alpha value is -2.93. The van der Waals surface area contributed by atoms with E-state index < -0.39 is 5.60 Å². The number of nitrogens with two attached hydrogens (primary N) is 2. The summed E-state index contributed by atoms with van der Waals surface area (Å²) in [7, 11) is 0. The van der Waals surface area contributed by atoms with Crippen LogP contribution in [0, 0.1) is 0 Å². The molecule has 1 aromatic heterocycles. The smallest absolute Gasteiger partial charge is 0.410 e. The Morgan fingerprint density at radius 1 is 1.19 bits per heavy atom. The minimum Gasteiger partial charge on any atom is -0.444 e. The standard InChI is InChI=1S/C23H30ClN5O2/c1-23(2,3)31-22(30)29-12-4-5-17(14-29)28-21(26)19-13-27-11-10-18(19)20(25)15-6-8-16(24)9-7-15/h6-11,13,17,28H,4-5,12,14,25-26H2,1-3H3/b20-18-,21-19+. The third kappa shape index (κ3) is 6.04. The zero-order chi connectivity index (χ0) is 22.6. The second-order valence-corrected chi connectivity index (χ2v) is 9.10. The third-order valence-corrected chi connectivity index (χ3v) is 5.24. The van der Waals surface area contributed by atoms with Crippen LogP contribution in [-0.2, 0) is 4.74 Å². The van der Waals surface area contributed by atoms with E-state index in [4.69, 9.17) is 27.8 Å². The summed E-state index contributed by atoms with van der Waals surface area (Å²) in [5, 5.41) is 5.49. The number of benzene rings is 1. The van der Waals surface area contributed by atoms with Gasteiger partial charge in [-0.15, -0.1) is 0 Å². The summed E-state index contributed by atoms with van der Waals surface area (Å²) in [5.74, 6) is 0.469. The van der Waals surface area contributed by atoms with Gasteiger partial charge in [-0.25, -0.2) is 4.79 Å². The first-order valence-corrected chi connectivity index (χ1v) is 10.7. The number of carbonyl (C=O) groups is 1. The monoisotopic (exact) mass is 443 g/mol. The second-order valence-electron chi connectivity index (χ2n) is 8.67. The van der Waals surface area contributed by atoms with E-state index in [1.807, 2.05) is 39.0 Å². The molecular formula is C23H30ClN5O2. The van der Waals surface area contributed by atoms with Gasteiger partial charge in [-0.2, -0.15) is 0 Å². The Labute approximate surface area is 187 Å². The number of halogens is 1. The Morgan fingerprint density at radius 3 is 2.58 bits per heavy atom. The topological polar surface area (TPSA) is 106 Å². The summed E-state index contributed by atoms with van der Waals surface area (Å²) in [6.45, 7) is 6.77. The average molecular weight is 444 g/mol. The predicted molar refractivity (Wildman–Crippen MR) is 123 cm³/mol. The number of pyridine rings is 1. The number of amides is 1. The molecule has 2 heterocycles. The van der Waals surface area contributed by atoms with Crippen LogP contribution in [0.5, 0.6) is 0 Å². The number of hydrogen-bond acceptors (Lipinski definition) is 6. The largest absolute Gasteiger partial charge is 0.444 e. The van der Waals surface area contributed by atoms with Crippen LogP contribution in [0.3, 0.4) is 0 Å². The van der Waals surface area contributed by atoms with E-state index in [9.17, 15) is 4.79 Å². The summed E-state index contributed by atoms with van der Waals surface area (Å²) >= 11 is 5.99. The lowest BCUT2D eigenvalue weighted by atomic mass is 10.1. The molecule has 0 bridgehead atoms. The van der Waals surface area contributed by atoms with E-state index in [2.05, 4.69) is 10.3 Å². The van der Waals surface area contributed by atoms with Gasteiger partial charge in [0.15, 0.2) is 0 Å². The maximum atomic E-state index is 12.4. The molecule has 2 aromatic rings. The fraction of sp³-hybridized carbons (Fsp3) is 0.391. The lowest BCUT2D eigenvalue weighted by molar-refractivity contribution is 0.0193. The number of carbonyl (C=O) groups excluding carboxylic acids is 1. The molecule has 1 fully saturated rings. The third-order valence-electron chi connectivity index (χ3n) is 4.99. The van der Waals surface area contributed by atoms with Gasteiger partial charge in [0.25, 0.3) is 0 Å². The van der Waals surface area contributed by atoms with Gasteiger partial charge >= 0.3 is 6.09 Å². The van der Waals surface area contributed by atoms with Crippen molar-refractivity contribution in [1.29, 1.82) is 0 Å². The van der Waals surface area contributed by atoms with E-state index in [1.165, 1.54) is 0 Å².